The summed E-state index contributed by atoms with van der Waals surface area (Å²) in [5.74, 6) is -0.0638. The molecule has 6 rings (SSSR count). The minimum atomic E-state index is -0.628. The van der Waals surface area contributed by atoms with E-state index in [1.807, 2.05) is 42.9 Å². The van der Waals surface area contributed by atoms with Crippen LogP contribution in [0.2, 0.25) is 0 Å². The highest BCUT2D eigenvalue weighted by molar-refractivity contribution is 7.97. The van der Waals surface area contributed by atoms with Gasteiger partial charge in [-0.15, -0.1) is 5.10 Å². The van der Waals surface area contributed by atoms with Gasteiger partial charge in [0.25, 0.3) is 0 Å². The molecule has 4 heterocycles. The second kappa shape index (κ2) is 9.50. The second-order valence-electron chi connectivity index (χ2n) is 10.1. The molecule has 4 aromatic rings. The number of hydrogen-bond acceptors (Lipinski definition) is 7. The Kier molecular flexibility index (Phi) is 6.16. The Bertz CT molecular complexity index is 1420. The Morgan fingerprint density at radius 3 is 2.70 bits per heavy atom. The molecule has 0 amide bonds. The van der Waals surface area contributed by atoms with Crippen LogP contribution in [0.3, 0.4) is 0 Å². The molecule has 8 nitrogen and oxygen atoms in total. The van der Waals surface area contributed by atoms with Crippen LogP contribution in [-0.2, 0) is 12.8 Å². The lowest BCUT2D eigenvalue weighted by molar-refractivity contribution is 0.0411. The lowest BCUT2D eigenvalue weighted by Crippen LogP contribution is -2.55. The maximum atomic E-state index is 14.2. The van der Waals surface area contributed by atoms with Gasteiger partial charge in [-0.3, -0.25) is 9.78 Å². The minimum Gasteiger partial charge on any atom is -0.292 e. The summed E-state index contributed by atoms with van der Waals surface area (Å²) in [7, 11) is 0. The van der Waals surface area contributed by atoms with Crippen LogP contribution >= 0.6 is 11.9 Å². The largest absolute Gasteiger partial charge is 0.292 e. The quantitative estimate of drug-likeness (QED) is 0.274. The third-order valence-electron chi connectivity index (χ3n) is 7.46. The molecular weight excluding hydrogens is 489 g/mol. The smallest absolute Gasteiger partial charge is 0.189 e. The molecule has 1 aromatic carbocycles. The lowest BCUT2D eigenvalue weighted by atomic mass is 9.60. The first-order chi connectivity index (χ1) is 17.9. The van der Waals surface area contributed by atoms with Crippen molar-refractivity contribution in [2.45, 2.75) is 44.2 Å². The van der Waals surface area contributed by atoms with Crippen molar-refractivity contribution in [2.75, 3.05) is 13.1 Å². The van der Waals surface area contributed by atoms with Crippen molar-refractivity contribution in [2.24, 2.45) is 11.3 Å². The molecule has 3 aromatic heterocycles. The number of carbonyl (C=O) groups is 1. The Labute approximate surface area is 219 Å². The van der Waals surface area contributed by atoms with E-state index in [9.17, 15) is 9.18 Å². The molecule has 1 aliphatic heterocycles. The van der Waals surface area contributed by atoms with Gasteiger partial charge in [-0.2, -0.15) is 15.0 Å². The highest BCUT2D eigenvalue weighted by Gasteiger charge is 2.53. The van der Waals surface area contributed by atoms with E-state index in [4.69, 9.17) is 0 Å². The van der Waals surface area contributed by atoms with Crippen molar-refractivity contribution in [3.8, 4) is 5.69 Å². The Balaban J connectivity index is 1.35. The van der Waals surface area contributed by atoms with Gasteiger partial charge in [0.05, 0.1) is 29.5 Å². The molecule has 0 N–H and O–H groups in total. The van der Waals surface area contributed by atoms with Gasteiger partial charge in [0.1, 0.15) is 11.5 Å². The first kappa shape index (κ1) is 24.0. The zero-order chi connectivity index (χ0) is 25.6. The van der Waals surface area contributed by atoms with E-state index in [0.717, 1.165) is 41.4 Å². The van der Waals surface area contributed by atoms with Crippen LogP contribution < -0.4 is 0 Å². The molecule has 1 fully saturated rings. The number of piperidine rings is 1. The van der Waals surface area contributed by atoms with Gasteiger partial charge in [0.15, 0.2) is 10.8 Å². The number of aromatic nitrogens is 6. The highest BCUT2D eigenvalue weighted by atomic mass is 32.2. The van der Waals surface area contributed by atoms with Crippen molar-refractivity contribution in [1.29, 1.82) is 0 Å². The molecule has 1 saturated heterocycles. The third-order valence-corrected chi connectivity index (χ3v) is 8.40. The fourth-order valence-electron chi connectivity index (χ4n) is 5.60. The molecule has 190 valence electrons. The van der Waals surface area contributed by atoms with Crippen molar-refractivity contribution < 1.29 is 9.18 Å². The molecule has 0 radical (unpaired) electrons. The van der Waals surface area contributed by atoms with Crippen molar-refractivity contribution in [1.82, 2.24) is 34.1 Å². The first-order valence-corrected chi connectivity index (χ1v) is 13.3. The molecule has 0 saturated carbocycles. The first-order valence-electron chi connectivity index (χ1n) is 12.6. The number of ketones is 1. The average Bonchev–Trinajstić information content (AvgIpc) is 3.55. The average molecular weight is 518 g/mol. The highest BCUT2D eigenvalue weighted by Crippen LogP contribution is 2.49. The summed E-state index contributed by atoms with van der Waals surface area (Å²) in [6, 6.07) is 12.1. The zero-order valence-corrected chi connectivity index (χ0v) is 21.6. The van der Waals surface area contributed by atoms with Gasteiger partial charge in [-0.25, -0.2) is 13.4 Å². The summed E-state index contributed by atoms with van der Waals surface area (Å²) in [5.41, 5.74) is 2.86. The van der Waals surface area contributed by atoms with Crippen molar-refractivity contribution in [3.05, 3.63) is 83.8 Å². The standard InChI is InChI=1S/C27H28FN7OS/c1-18(2)35-31-16-25(32-35)37-33-12-10-20-13-24-19(15-30-34(24)22-8-6-21(28)7-9-22)14-27(20,17-33)26(36)23-5-3-4-11-29-23/h3-9,11,15-16,18,20H,10,12-14,17H2,1-2H3. The van der Waals surface area contributed by atoms with Crippen LogP contribution in [0.1, 0.15) is 48.1 Å². The van der Waals surface area contributed by atoms with Gasteiger partial charge in [-0.1, -0.05) is 6.07 Å². The number of fused-ring (bicyclic) bond motifs is 2. The summed E-state index contributed by atoms with van der Waals surface area (Å²) in [5, 5.41) is 14.5. The minimum absolute atomic E-state index is 0.0782. The monoisotopic (exact) mass is 517 g/mol. The van der Waals surface area contributed by atoms with Crippen LogP contribution in [0.15, 0.2) is 66.1 Å². The summed E-state index contributed by atoms with van der Waals surface area (Å²) in [6.45, 7) is 5.52. The van der Waals surface area contributed by atoms with Crippen LogP contribution in [0.25, 0.3) is 5.69 Å². The van der Waals surface area contributed by atoms with E-state index in [1.165, 1.54) is 12.1 Å². The molecule has 10 heteroatoms. The molecule has 2 unspecified atom stereocenters. The number of nitrogens with zero attached hydrogens (tertiary/aromatic N) is 7. The number of benzene rings is 1. The maximum Gasteiger partial charge on any atom is 0.189 e. The molecule has 2 atom stereocenters. The van der Waals surface area contributed by atoms with E-state index < -0.39 is 5.41 Å². The number of pyridine rings is 1. The van der Waals surface area contributed by atoms with Gasteiger partial charge in [0.2, 0.25) is 0 Å². The molecule has 37 heavy (non-hydrogen) atoms. The van der Waals surface area contributed by atoms with E-state index >= 15 is 0 Å². The Morgan fingerprint density at radius 1 is 1.14 bits per heavy atom. The molecule has 1 aliphatic carbocycles. The summed E-state index contributed by atoms with van der Waals surface area (Å²) in [6.07, 6.45) is 7.50. The zero-order valence-electron chi connectivity index (χ0n) is 20.8. The van der Waals surface area contributed by atoms with Crippen LogP contribution in [0.5, 0.6) is 0 Å². The second-order valence-corrected chi connectivity index (χ2v) is 11.2. The maximum absolute atomic E-state index is 14.2. The fraction of sp³-hybridized carbons (Fsp3) is 0.370. The topological polar surface area (TPSA) is 81.7 Å². The van der Waals surface area contributed by atoms with E-state index in [1.54, 1.807) is 41.3 Å². The summed E-state index contributed by atoms with van der Waals surface area (Å²) in [4.78, 5) is 20.3. The van der Waals surface area contributed by atoms with E-state index in [-0.39, 0.29) is 23.6 Å². The van der Waals surface area contributed by atoms with Crippen LogP contribution in [0, 0.1) is 17.2 Å². The predicted molar refractivity (Wildman–Crippen MR) is 138 cm³/mol. The normalized spacial score (nSPS) is 21.6. The molecule has 0 bridgehead atoms. The SMILES string of the molecule is CC(C)n1ncc(SN2CCC3Cc4c(cnn4-c4ccc(F)cc4)CC3(C(=O)c3ccccn3)C2)n1. The lowest BCUT2D eigenvalue weighted by Gasteiger charge is -2.49. The third kappa shape index (κ3) is 4.38. The van der Waals surface area contributed by atoms with E-state index in [0.29, 0.717) is 18.7 Å². The van der Waals surface area contributed by atoms with Gasteiger partial charge >= 0.3 is 0 Å². The molecular formula is C27H28FN7OS. The number of rotatable bonds is 6. The fourth-order valence-corrected chi connectivity index (χ4v) is 6.57. The van der Waals surface area contributed by atoms with Crippen molar-refractivity contribution in [3.63, 3.8) is 0 Å². The van der Waals surface area contributed by atoms with Crippen molar-refractivity contribution >= 4 is 17.7 Å². The van der Waals surface area contributed by atoms with E-state index in [2.05, 4.69) is 24.6 Å². The van der Waals surface area contributed by atoms with Crippen LogP contribution in [-0.4, -0.2) is 52.9 Å². The molecule has 2 aliphatic rings. The predicted octanol–water partition coefficient (Wildman–Crippen LogP) is 4.58. The number of halogens is 1. The number of hydrogen-bond donors (Lipinski definition) is 0. The van der Waals surface area contributed by atoms with Gasteiger partial charge < -0.3 is 0 Å². The number of Topliss-reactive ketones (excluding diaryl/α,β-unsaturated/α-hetero) is 1. The summed E-state index contributed by atoms with van der Waals surface area (Å²) >= 11 is 1.56. The molecule has 0 spiro atoms. The number of carbonyl (C=O) groups excluding carboxylic acids is 1. The van der Waals surface area contributed by atoms with Crippen LogP contribution in [0.4, 0.5) is 4.39 Å². The summed E-state index contributed by atoms with van der Waals surface area (Å²) < 4.78 is 17.7. The van der Waals surface area contributed by atoms with Gasteiger partial charge in [0, 0.05) is 25.0 Å². The van der Waals surface area contributed by atoms with Gasteiger partial charge in [-0.05, 0) is 92.9 Å². The Morgan fingerprint density at radius 2 is 1.97 bits per heavy atom. The Hall–Kier alpha value is -3.37.